The highest BCUT2D eigenvalue weighted by Gasteiger charge is 2.12. The first kappa shape index (κ1) is 13.0. The highest BCUT2D eigenvalue weighted by molar-refractivity contribution is 9.10. The summed E-state index contributed by atoms with van der Waals surface area (Å²) >= 11 is 3.45. The van der Waals surface area contributed by atoms with Crippen molar-refractivity contribution in [1.29, 1.82) is 0 Å². The molecule has 0 atom stereocenters. The van der Waals surface area contributed by atoms with Crippen molar-refractivity contribution in [2.24, 2.45) is 4.99 Å². The number of nitrogens with zero attached hydrogens (tertiary/aromatic N) is 1. The van der Waals surface area contributed by atoms with E-state index in [0.717, 1.165) is 33.0 Å². The highest BCUT2D eigenvalue weighted by Crippen LogP contribution is 2.35. The van der Waals surface area contributed by atoms with Gasteiger partial charge in [-0.15, -0.1) is 0 Å². The maximum Gasteiger partial charge on any atom is 0.231 e. The van der Waals surface area contributed by atoms with Crippen LogP contribution < -0.4 is 14.2 Å². The minimum atomic E-state index is 0.272. The molecule has 1 heterocycles. The van der Waals surface area contributed by atoms with Gasteiger partial charge in [-0.3, -0.25) is 4.99 Å². The van der Waals surface area contributed by atoms with Crippen molar-refractivity contribution in [3.63, 3.8) is 0 Å². The van der Waals surface area contributed by atoms with Crippen molar-refractivity contribution in [2.45, 2.75) is 0 Å². The zero-order valence-corrected chi connectivity index (χ0v) is 12.4. The van der Waals surface area contributed by atoms with Crippen LogP contribution in [0.4, 0.5) is 5.69 Å². The van der Waals surface area contributed by atoms with Gasteiger partial charge in [-0.2, -0.15) is 0 Å². The largest absolute Gasteiger partial charge is 0.496 e. The van der Waals surface area contributed by atoms with Crippen molar-refractivity contribution >= 4 is 27.8 Å². The topological polar surface area (TPSA) is 40.0 Å². The number of fused-ring (bicyclic) bond motifs is 1. The Morgan fingerprint density at radius 3 is 2.80 bits per heavy atom. The molecule has 4 nitrogen and oxygen atoms in total. The van der Waals surface area contributed by atoms with Crippen molar-refractivity contribution in [3.8, 4) is 17.2 Å². The van der Waals surface area contributed by atoms with Gasteiger partial charge in [-0.25, -0.2) is 0 Å². The number of methoxy groups -OCH3 is 1. The molecular formula is C15H12BrNO3. The zero-order chi connectivity index (χ0) is 13.9. The molecule has 102 valence electrons. The van der Waals surface area contributed by atoms with Crippen LogP contribution in [-0.2, 0) is 0 Å². The van der Waals surface area contributed by atoms with E-state index in [2.05, 4.69) is 20.9 Å². The van der Waals surface area contributed by atoms with E-state index in [4.69, 9.17) is 14.2 Å². The van der Waals surface area contributed by atoms with Crippen LogP contribution in [0.1, 0.15) is 5.56 Å². The summed E-state index contributed by atoms with van der Waals surface area (Å²) in [5.74, 6) is 2.29. The number of hydrogen-bond acceptors (Lipinski definition) is 4. The van der Waals surface area contributed by atoms with Crippen LogP contribution in [0.25, 0.3) is 0 Å². The third-order valence-corrected chi connectivity index (χ3v) is 3.51. The maximum absolute atomic E-state index is 5.32. The Labute approximate surface area is 125 Å². The molecule has 1 aliphatic rings. The summed E-state index contributed by atoms with van der Waals surface area (Å²) in [6, 6.07) is 11.4. The minimum Gasteiger partial charge on any atom is -0.496 e. The van der Waals surface area contributed by atoms with Crippen molar-refractivity contribution < 1.29 is 14.2 Å². The standard InChI is InChI=1S/C15H12BrNO3/c1-18-13-4-2-10(6-12(13)16)8-17-11-3-5-14-15(7-11)20-9-19-14/h2-8H,9H2,1H3. The van der Waals surface area contributed by atoms with E-state index in [9.17, 15) is 0 Å². The quantitative estimate of drug-likeness (QED) is 0.799. The molecule has 0 saturated carbocycles. The molecule has 0 aromatic heterocycles. The van der Waals surface area contributed by atoms with Crippen LogP contribution in [-0.4, -0.2) is 20.1 Å². The Morgan fingerprint density at radius 2 is 2.00 bits per heavy atom. The van der Waals surface area contributed by atoms with Gasteiger partial charge in [0.2, 0.25) is 6.79 Å². The van der Waals surface area contributed by atoms with E-state index >= 15 is 0 Å². The summed E-state index contributed by atoms with van der Waals surface area (Å²) in [5.41, 5.74) is 1.80. The molecule has 2 aromatic rings. The molecule has 5 heteroatoms. The number of rotatable bonds is 3. The first-order valence-corrected chi connectivity index (χ1v) is 6.83. The molecule has 1 aliphatic heterocycles. The van der Waals surface area contributed by atoms with Crippen molar-refractivity contribution in [2.75, 3.05) is 13.9 Å². The number of benzene rings is 2. The second kappa shape index (κ2) is 5.54. The van der Waals surface area contributed by atoms with Crippen LogP contribution in [0.3, 0.4) is 0 Å². The van der Waals surface area contributed by atoms with Crippen molar-refractivity contribution in [1.82, 2.24) is 0 Å². The van der Waals surface area contributed by atoms with Crippen LogP contribution >= 0.6 is 15.9 Å². The lowest BCUT2D eigenvalue weighted by Crippen LogP contribution is -1.92. The van der Waals surface area contributed by atoms with E-state index in [1.54, 1.807) is 13.3 Å². The molecule has 0 amide bonds. The average molecular weight is 334 g/mol. The molecule has 0 radical (unpaired) electrons. The minimum absolute atomic E-state index is 0.272. The summed E-state index contributed by atoms with van der Waals surface area (Å²) in [6.45, 7) is 0.272. The lowest BCUT2D eigenvalue weighted by atomic mass is 10.2. The van der Waals surface area contributed by atoms with Crippen LogP contribution in [0.5, 0.6) is 17.2 Å². The molecule has 0 spiro atoms. The Morgan fingerprint density at radius 1 is 1.15 bits per heavy atom. The fourth-order valence-electron chi connectivity index (χ4n) is 1.88. The van der Waals surface area contributed by atoms with Gasteiger partial charge in [0.1, 0.15) is 5.75 Å². The zero-order valence-electron chi connectivity index (χ0n) is 10.8. The number of halogens is 1. The Kier molecular flexibility index (Phi) is 3.60. The first-order chi connectivity index (χ1) is 9.76. The average Bonchev–Trinajstić information content (AvgIpc) is 2.92. The van der Waals surface area contributed by atoms with E-state index in [0.29, 0.717) is 0 Å². The summed E-state index contributed by atoms with van der Waals surface area (Å²) in [4.78, 5) is 4.43. The maximum atomic E-state index is 5.32. The molecule has 0 N–H and O–H groups in total. The summed E-state index contributed by atoms with van der Waals surface area (Å²) in [7, 11) is 1.64. The molecule has 0 aliphatic carbocycles. The fraction of sp³-hybridized carbons (Fsp3) is 0.133. The van der Waals surface area contributed by atoms with Gasteiger partial charge >= 0.3 is 0 Å². The van der Waals surface area contributed by atoms with Crippen LogP contribution in [0.2, 0.25) is 0 Å². The summed E-state index contributed by atoms with van der Waals surface area (Å²) in [6.07, 6.45) is 1.79. The van der Waals surface area contributed by atoms with Gasteiger partial charge in [0.05, 0.1) is 17.3 Å². The normalized spacial score (nSPS) is 12.9. The van der Waals surface area contributed by atoms with Crippen molar-refractivity contribution in [3.05, 3.63) is 46.4 Å². The van der Waals surface area contributed by atoms with E-state index in [1.807, 2.05) is 36.4 Å². The van der Waals surface area contributed by atoms with Gasteiger partial charge < -0.3 is 14.2 Å². The summed E-state index contributed by atoms with van der Waals surface area (Å²) < 4.78 is 16.7. The Bertz CT molecular complexity index is 670. The molecule has 0 saturated heterocycles. The Hall–Kier alpha value is -2.01. The predicted molar refractivity (Wildman–Crippen MR) is 80.5 cm³/mol. The van der Waals surface area contributed by atoms with Gasteiger partial charge in [0.15, 0.2) is 11.5 Å². The second-order valence-electron chi connectivity index (χ2n) is 4.19. The highest BCUT2D eigenvalue weighted by atomic mass is 79.9. The van der Waals surface area contributed by atoms with Crippen LogP contribution in [0.15, 0.2) is 45.9 Å². The molecule has 2 aromatic carbocycles. The molecule has 20 heavy (non-hydrogen) atoms. The molecule has 0 fully saturated rings. The van der Waals surface area contributed by atoms with E-state index < -0.39 is 0 Å². The number of hydrogen-bond donors (Lipinski definition) is 0. The van der Waals surface area contributed by atoms with E-state index in [-0.39, 0.29) is 6.79 Å². The molecule has 0 bridgehead atoms. The smallest absolute Gasteiger partial charge is 0.231 e. The predicted octanol–water partition coefficient (Wildman–Crippen LogP) is 3.94. The summed E-state index contributed by atoms with van der Waals surface area (Å²) in [5, 5.41) is 0. The lowest BCUT2D eigenvalue weighted by Gasteiger charge is -2.03. The Balaban J connectivity index is 1.81. The monoisotopic (exact) mass is 333 g/mol. The third kappa shape index (κ3) is 2.63. The van der Waals surface area contributed by atoms with Crippen LogP contribution in [0, 0.1) is 0 Å². The number of ether oxygens (including phenoxy) is 3. The van der Waals surface area contributed by atoms with E-state index in [1.165, 1.54) is 0 Å². The third-order valence-electron chi connectivity index (χ3n) is 2.89. The molecule has 0 unspecified atom stereocenters. The number of aliphatic imine (C=N–C) groups is 1. The SMILES string of the molecule is COc1ccc(C=Nc2ccc3c(c2)OCO3)cc1Br. The molecule has 3 rings (SSSR count). The first-order valence-electron chi connectivity index (χ1n) is 6.03. The molecular weight excluding hydrogens is 322 g/mol. The van der Waals surface area contributed by atoms with Gasteiger partial charge in [0.25, 0.3) is 0 Å². The lowest BCUT2D eigenvalue weighted by molar-refractivity contribution is 0.174. The second-order valence-corrected chi connectivity index (χ2v) is 5.04. The van der Waals surface area contributed by atoms with Gasteiger partial charge in [-0.1, -0.05) is 0 Å². The van der Waals surface area contributed by atoms with Gasteiger partial charge in [-0.05, 0) is 51.8 Å². The fourth-order valence-corrected chi connectivity index (χ4v) is 2.44. The van der Waals surface area contributed by atoms with Gasteiger partial charge in [0, 0.05) is 12.3 Å².